The molecule has 2 heterocycles. The number of methoxy groups -OCH3 is 1. The molecule has 3 aromatic carbocycles. The molecule has 1 spiro atoms. The van der Waals surface area contributed by atoms with E-state index in [1.165, 1.54) is 25.3 Å². The molecular formula is C26H20Cl2N4O7. The molecule has 11 nitrogen and oxygen atoms in total. The first-order chi connectivity index (χ1) is 18.6. The molecule has 2 aliphatic rings. The van der Waals surface area contributed by atoms with E-state index in [2.05, 4.69) is 15.3 Å². The van der Waals surface area contributed by atoms with Crippen molar-refractivity contribution in [3.63, 3.8) is 0 Å². The fourth-order valence-electron chi connectivity index (χ4n) is 4.78. The minimum atomic E-state index is -1.66. The van der Waals surface area contributed by atoms with Crippen molar-refractivity contribution in [2.45, 2.75) is 18.9 Å². The molecule has 0 saturated carbocycles. The average molecular weight is 571 g/mol. The van der Waals surface area contributed by atoms with Crippen LogP contribution < -0.4 is 14.8 Å². The highest BCUT2D eigenvalue weighted by atomic mass is 35.5. The highest BCUT2D eigenvalue weighted by Gasteiger charge is 2.55. The molecule has 200 valence electrons. The molecule has 1 amide bonds. The summed E-state index contributed by atoms with van der Waals surface area (Å²) in [5.74, 6) is -1.85. The van der Waals surface area contributed by atoms with Gasteiger partial charge in [0, 0.05) is 34.7 Å². The predicted molar refractivity (Wildman–Crippen MR) is 140 cm³/mol. The van der Waals surface area contributed by atoms with Crippen LogP contribution in [0.2, 0.25) is 10.0 Å². The number of amides is 1. The summed E-state index contributed by atoms with van der Waals surface area (Å²) in [6.07, 6.45) is 0.446. The topological polar surface area (TPSA) is 163 Å². The number of phenolic OH excluding ortho intramolecular Hbond substituents is 2. The minimum absolute atomic E-state index is 0.00741. The summed E-state index contributed by atoms with van der Waals surface area (Å²) >= 11 is 13.0. The highest BCUT2D eigenvalue weighted by molar-refractivity contribution is 6.35. The van der Waals surface area contributed by atoms with Gasteiger partial charge in [-0.05, 0) is 48.7 Å². The maximum Gasteiger partial charge on any atom is 0.340 e. The summed E-state index contributed by atoms with van der Waals surface area (Å²) in [7, 11) is 1.34. The van der Waals surface area contributed by atoms with E-state index in [1.54, 1.807) is 19.1 Å². The number of halogens is 2. The van der Waals surface area contributed by atoms with Crippen LogP contribution in [0.3, 0.4) is 0 Å². The number of ether oxygens (including phenoxy) is 3. The van der Waals surface area contributed by atoms with E-state index >= 15 is 0 Å². The van der Waals surface area contributed by atoms with Crippen LogP contribution in [0.15, 0.2) is 35.4 Å². The zero-order chi connectivity index (χ0) is 28.1. The number of benzene rings is 3. The van der Waals surface area contributed by atoms with E-state index in [4.69, 9.17) is 42.9 Å². The summed E-state index contributed by atoms with van der Waals surface area (Å²) in [4.78, 5) is 28.8. The number of azide groups is 1. The van der Waals surface area contributed by atoms with E-state index in [9.17, 15) is 19.8 Å². The number of rotatable bonds is 6. The monoisotopic (exact) mass is 570 g/mol. The molecule has 0 fully saturated rings. The lowest BCUT2D eigenvalue weighted by Crippen LogP contribution is -2.33. The molecule has 5 rings (SSSR count). The lowest BCUT2D eigenvalue weighted by Gasteiger charge is -2.37. The van der Waals surface area contributed by atoms with Gasteiger partial charge < -0.3 is 29.7 Å². The Morgan fingerprint density at radius 1 is 1.13 bits per heavy atom. The Morgan fingerprint density at radius 3 is 2.51 bits per heavy atom. The Labute approximate surface area is 231 Å². The Kier molecular flexibility index (Phi) is 6.59. The first-order valence-electron chi connectivity index (χ1n) is 11.6. The SMILES string of the molecule is COc1cc2c(c(Cl)c1O)Oc1c(cc(C)c(O)c1Cl)C21OC(=O)c2cc(C(=O)NCCCN=[N+]=[N-])ccc21. The van der Waals surface area contributed by atoms with Gasteiger partial charge in [0.25, 0.3) is 5.91 Å². The largest absolute Gasteiger partial charge is 0.506 e. The standard InChI is InChI=1S/C26H20Cl2N4O7/c1-11-8-15-22(18(27)20(11)33)38-23-16(10-17(37-2)21(34)19(23)28)26(15)14-5-4-12(9-13(14)25(36)39-26)24(35)30-6-3-7-31-32-29/h4-5,8-10,33-34H,3,6-7H2,1-2H3,(H,30,35). The number of phenols is 2. The van der Waals surface area contributed by atoms with Crippen LogP contribution in [-0.4, -0.2) is 42.3 Å². The maximum absolute atomic E-state index is 13.4. The summed E-state index contributed by atoms with van der Waals surface area (Å²) in [6, 6.07) is 7.56. The average Bonchev–Trinajstić information content (AvgIpc) is 3.22. The van der Waals surface area contributed by atoms with E-state index in [1.807, 2.05) is 0 Å². The Morgan fingerprint density at radius 2 is 1.82 bits per heavy atom. The molecule has 3 aromatic rings. The quantitative estimate of drug-likeness (QED) is 0.112. The van der Waals surface area contributed by atoms with Crippen molar-refractivity contribution < 1.29 is 34.0 Å². The fourth-order valence-corrected chi connectivity index (χ4v) is 5.31. The second-order valence-corrected chi connectivity index (χ2v) is 9.60. The molecule has 3 N–H and O–H groups in total. The van der Waals surface area contributed by atoms with Gasteiger partial charge in [0.05, 0.1) is 18.2 Å². The Hall–Kier alpha value is -4.31. The van der Waals surface area contributed by atoms with Crippen LogP contribution in [0.5, 0.6) is 28.7 Å². The second-order valence-electron chi connectivity index (χ2n) is 8.85. The van der Waals surface area contributed by atoms with Gasteiger partial charge in [-0.2, -0.15) is 0 Å². The van der Waals surface area contributed by atoms with E-state index in [0.29, 0.717) is 23.1 Å². The van der Waals surface area contributed by atoms with Crippen LogP contribution in [0.1, 0.15) is 49.4 Å². The summed E-state index contributed by atoms with van der Waals surface area (Å²) < 4.78 is 17.4. The number of carbonyl (C=O) groups excluding carboxylic acids is 2. The van der Waals surface area contributed by atoms with Crippen molar-refractivity contribution in [2.75, 3.05) is 20.2 Å². The van der Waals surface area contributed by atoms with Crippen molar-refractivity contribution in [3.05, 3.63) is 84.2 Å². The smallest absolute Gasteiger partial charge is 0.340 e. The molecule has 39 heavy (non-hydrogen) atoms. The van der Waals surface area contributed by atoms with Crippen molar-refractivity contribution >= 4 is 35.1 Å². The third kappa shape index (κ3) is 3.94. The third-order valence-electron chi connectivity index (χ3n) is 6.64. The summed E-state index contributed by atoms with van der Waals surface area (Å²) in [5.41, 5.74) is 8.34. The summed E-state index contributed by atoms with van der Waals surface area (Å²) in [5, 5.41) is 26.9. The first-order valence-corrected chi connectivity index (χ1v) is 12.4. The van der Waals surface area contributed by atoms with Gasteiger partial charge in [0.2, 0.25) is 0 Å². The van der Waals surface area contributed by atoms with Crippen molar-refractivity contribution in [3.8, 4) is 28.7 Å². The molecule has 0 saturated heterocycles. The van der Waals surface area contributed by atoms with Gasteiger partial charge in [-0.3, -0.25) is 4.79 Å². The number of nitrogens with zero attached hydrogens (tertiary/aromatic N) is 3. The molecule has 0 bridgehead atoms. The predicted octanol–water partition coefficient (Wildman–Crippen LogP) is 5.72. The zero-order valence-corrected chi connectivity index (χ0v) is 22.1. The number of esters is 1. The number of fused-ring (bicyclic) bond motifs is 6. The second kappa shape index (κ2) is 9.77. The van der Waals surface area contributed by atoms with Crippen LogP contribution in [0.25, 0.3) is 10.4 Å². The number of aromatic hydroxyl groups is 2. The molecule has 2 aliphatic heterocycles. The minimum Gasteiger partial charge on any atom is -0.506 e. The van der Waals surface area contributed by atoms with Gasteiger partial charge in [-0.25, -0.2) is 4.79 Å². The van der Waals surface area contributed by atoms with Crippen molar-refractivity contribution in [1.29, 1.82) is 0 Å². The van der Waals surface area contributed by atoms with Crippen molar-refractivity contribution in [2.24, 2.45) is 5.11 Å². The van der Waals surface area contributed by atoms with Crippen LogP contribution >= 0.6 is 23.2 Å². The van der Waals surface area contributed by atoms with Crippen LogP contribution in [0, 0.1) is 6.92 Å². The van der Waals surface area contributed by atoms with Crippen LogP contribution in [-0.2, 0) is 10.3 Å². The van der Waals surface area contributed by atoms with Gasteiger partial charge in [-0.15, -0.1) is 0 Å². The number of hydrogen-bond donors (Lipinski definition) is 3. The lowest BCUT2D eigenvalue weighted by molar-refractivity contribution is 0.0223. The third-order valence-corrected chi connectivity index (χ3v) is 7.34. The number of carbonyl (C=O) groups is 2. The summed E-state index contributed by atoms with van der Waals surface area (Å²) in [6.45, 7) is 2.13. The van der Waals surface area contributed by atoms with E-state index < -0.39 is 23.2 Å². The number of nitrogens with one attached hydrogen (secondary N) is 1. The van der Waals surface area contributed by atoms with E-state index in [0.717, 1.165) is 0 Å². The van der Waals surface area contributed by atoms with E-state index in [-0.39, 0.29) is 62.8 Å². The maximum atomic E-state index is 13.4. The highest BCUT2D eigenvalue weighted by Crippen LogP contribution is 2.62. The molecule has 0 aliphatic carbocycles. The molecule has 1 atom stereocenters. The fraction of sp³-hybridized carbons (Fsp3) is 0.231. The Bertz CT molecular complexity index is 1620. The molecule has 13 heteroatoms. The van der Waals surface area contributed by atoms with Crippen molar-refractivity contribution in [1.82, 2.24) is 5.32 Å². The van der Waals surface area contributed by atoms with Gasteiger partial charge in [0.1, 0.15) is 15.8 Å². The first kappa shape index (κ1) is 26.3. The van der Waals surface area contributed by atoms with Gasteiger partial charge >= 0.3 is 5.97 Å². The lowest BCUT2D eigenvalue weighted by atomic mass is 9.76. The molecule has 1 unspecified atom stereocenters. The van der Waals surface area contributed by atoms with Gasteiger partial charge in [0.15, 0.2) is 28.6 Å². The normalized spacial score (nSPS) is 16.4. The molecular weight excluding hydrogens is 551 g/mol. The molecule has 0 radical (unpaired) electrons. The van der Waals surface area contributed by atoms with Crippen LogP contribution in [0.4, 0.5) is 0 Å². The zero-order valence-electron chi connectivity index (χ0n) is 20.5. The number of hydrogen-bond acceptors (Lipinski definition) is 8. The van der Waals surface area contributed by atoms with Gasteiger partial charge in [-0.1, -0.05) is 34.4 Å². The Balaban J connectivity index is 1.70. The molecule has 0 aromatic heterocycles. The number of aryl methyl sites for hydroxylation is 1.